The van der Waals surface area contributed by atoms with E-state index in [2.05, 4.69) is 12.1 Å². The van der Waals surface area contributed by atoms with Crippen LogP contribution >= 0.6 is 0 Å². The number of rotatable bonds is 8. The van der Waals surface area contributed by atoms with Gasteiger partial charge >= 0.3 is 0 Å². The van der Waals surface area contributed by atoms with E-state index in [9.17, 15) is 9.90 Å². The van der Waals surface area contributed by atoms with Crippen molar-refractivity contribution in [3.63, 3.8) is 0 Å². The number of carbonyl (C=O) groups excluding carboxylic acids is 1. The molecule has 22 heavy (non-hydrogen) atoms. The summed E-state index contributed by atoms with van der Waals surface area (Å²) in [5.74, 6) is -0.267. The van der Waals surface area contributed by atoms with Gasteiger partial charge in [0.05, 0.1) is 6.04 Å². The fraction of sp³-hybridized carbons (Fsp3) is 0.316. The molecule has 0 bridgehead atoms. The second-order valence-electron chi connectivity index (χ2n) is 5.59. The predicted molar refractivity (Wildman–Crippen MR) is 88.5 cm³/mol. The average molecular weight is 297 g/mol. The first-order valence-corrected chi connectivity index (χ1v) is 7.72. The monoisotopic (exact) mass is 297 g/mol. The molecule has 0 heterocycles. The SMILES string of the molecule is NC(Cc1ccccc1)C(=O)C(O)CCCc1ccccc1. The molecule has 0 aliphatic carbocycles. The van der Waals surface area contributed by atoms with Gasteiger partial charge in [0.2, 0.25) is 0 Å². The lowest BCUT2D eigenvalue weighted by molar-refractivity contribution is -0.128. The van der Waals surface area contributed by atoms with Crippen LogP contribution in [0.2, 0.25) is 0 Å². The number of nitrogens with two attached hydrogens (primary N) is 1. The minimum atomic E-state index is -0.970. The predicted octanol–water partition coefficient (Wildman–Crippen LogP) is 2.51. The van der Waals surface area contributed by atoms with E-state index < -0.39 is 12.1 Å². The maximum Gasteiger partial charge on any atom is 0.178 e. The first-order valence-electron chi connectivity index (χ1n) is 7.72. The Morgan fingerprint density at radius 3 is 2.09 bits per heavy atom. The lowest BCUT2D eigenvalue weighted by atomic mass is 9.97. The lowest BCUT2D eigenvalue weighted by Gasteiger charge is -2.15. The van der Waals surface area contributed by atoms with E-state index in [0.717, 1.165) is 18.4 Å². The first-order chi connectivity index (χ1) is 10.7. The molecule has 0 saturated carbocycles. The van der Waals surface area contributed by atoms with Gasteiger partial charge in [-0.25, -0.2) is 0 Å². The number of hydrogen-bond donors (Lipinski definition) is 2. The molecule has 0 saturated heterocycles. The van der Waals surface area contributed by atoms with Crippen molar-refractivity contribution in [3.05, 3.63) is 71.8 Å². The quantitative estimate of drug-likeness (QED) is 0.787. The molecule has 0 amide bonds. The third kappa shape index (κ3) is 5.10. The van der Waals surface area contributed by atoms with Gasteiger partial charge in [0.1, 0.15) is 6.10 Å². The summed E-state index contributed by atoms with van der Waals surface area (Å²) < 4.78 is 0. The van der Waals surface area contributed by atoms with Crippen molar-refractivity contribution in [3.8, 4) is 0 Å². The van der Waals surface area contributed by atoms with Gasteiger partial charge in [0.15, 0.2) is 5.78 Å². The van der Waals surface area contributed by atoms with Gasteiger partial charge in [-0.2, -0.15) is 0 Å². The summed E-state index contributed by atoms with van der Waals surface area (Å²) >= 11 is 0. The normalized spacial score (nSPS) is 13.5. The van der Waals surface area contributed by atoms with Crippen LogP contribution in [0.25, 0.3) is 0 Å². The van der Waals surface area contributed by atoms with Gasteiger partial charge in [0, 0.05) is 0 Å². The molecule has 116 valence electrons. The fourth-order valence-electron chi connectivity index (χ4n) is 2.50. The highest BCUT2D eigenvalue weighted by molar-refractivity contribution is 5.88. The Labute approximate surface area is 131 Å². The molecule has 0 radical (unpaired) electrons. The fourth-order valence-corrected chi connectivity index (χ4v) is 2.50. The van der Waals surface area contributed by atoms with E-state index in [0.29, 0.717) is 12.8 Å². The summed E-state index contributed by atoms with van der Waals surface area (Å²) in [6.07, 6.45) is 1.59. The zero-order chi connectivity index (χ0) is 15.8. The first kappa shape index (κ1) is 16.4. The molecule has 2 unspecified atom stereocenters. The minimum Gasteiger partial charge on any atom is -0.385 e. The molecule has 3 N–H and O–H groups in total. The number of hydrogen-bond acceptors (Lipinski definition) is 3. The minimum absolute atomic E-state index is 0.267. The molecule has 3 heteroatoms. The molecule has 0 aromatic heterocycles. The second kappa shape index (κ2) is 8.47. The summed E-state index contributed by atoms with van der Waals surface area (Å²) in [6.45, 7) is 0. The van der Waals surface area contributed by atoms with Gasteiger partial charge < -0.3 is 10.8 Å². The third-order valence-corrected chi connectivity index (χ3v) is 3.78. The number of aryl methyl sites for hydroxylation is 1. The van der Waals surface area contributed by atoms with Crippen LogP contribution in [0.5, 0.6) is 0 Å². The summed E-state index contributed by atoms with van der Waals surface area (Å²) in [7, 11) is 0. The van der Waals surface area contributed by atoms with Crippen LogP contribution in [0.15, 0.2) is 60.7 Å². The highest BCUT2D eigenvalue weighted by atomic mass is 16.3. The van der Waals surface area contributed by atoms with Crippen molar-refractivity contribution in [2.75, 3.05) is 0 Å². The lowest BCUT2D eigenvalue weighted by Crippen LogP contribution is -2.40. The van der Waals surface area contributed by atoms with Crippen molar-refractivity contribution in [2.24, 2.45) is 5.73 Å². The molecule has 0 aliphatic heterocycles. The van der Waals surface area contributed by atoms with Crippen molar-refractivity contribution < 1.29 is 9.90 Å². The van der Waals surface area contributed by atoms with Crippen LogP contribution in [-0.2, 0) is 17.6 Å². The van der Waals surface area contributed by atoms with E-state index in [1.165, 1.54) is 5.56 Å². The zero-order valence-electron chi connectivity index (χ0n) is 12.7. The van der Waals surface area contributed by atoms with Crippen molar-refractivity contribution in [1.29, 1.82) is 0 Å². The van der Waals surface area contributed by atoms with Crippen LogP contribution in [0.1, 0.15) is 24.0 Å². The van der Waals surface area contributed by atoms with Crippen LogP contribution in [-0.4, -0.2) is 23.0 Å². The summed E-state index contributed by atoms with van der Waals surface area (Å²) in [6, 6.07) is 19.1. The number of aliphatic hydroxyl groups excluding tert-OH is 1. The topological polar surface area (TPSA) is 63.3 Å². The van der Waals surface area contributed by atoms with E-state index >= 15 is 0 Å². The molecule has 2 aromatic rings. The van der Waals surface area contributed by atoms with Crippen LogP contribution in [0.4, 0.5) is 0 Å². The van der Waals surface area contributed by atoms with E-state index in [-0.39, 0.29) is 5.78 Å². The van der Waals surface area contributed by atoms with E-state index in [1.807, 2.05) is 48.5 Å². The average Bonchev–Trinajstić information content (AvgIpc) is 2.56. The molecule has 2 atom stereocenters. The van der Waals surface area contributed by atoms with E-state index in [1.54, 1.807) is 0 Å². The molecular weight excluding hydrogens is 274 g/mol. The standard InChI is InChI=1S/C19H23NO2/c20-17(14-16-10-5-2-6-11-16)19(22)18(21)13-7-12-15-8-3-1-4-9-15/h1-6,8-11,17-18,21H,7,12-14,20H2. The van der Waals surface area contributed by atoms with Gasteiger partial charge in [-0.05, 0) is 36.8 Å². The Bertz CT molecular complexity index is 569. The van der Waals surface area contributed by atoms with Crippen LogP contribution < -0.4 is 5.73 Å². The molecule has 3 nitrogen and oxygen atoms in total. The third-order valence-electron chi connectivity index (χ3n) is 3.78. The van der Waals surface area contributed by atoms with Gasteiger partial charge in [-0.3, -0.25) is 4.79 Å². The van der Waals surface area contributed by atoms with Gasteiger partial charge in [0.25, 0.3) is 0 Å². The smallest absolute Gasteiger partial charge is 0.178 e. The Morgan fingerprint density at radius 2 is 1.50 bits per heavy atom. The second-order valence-corrected chi connectivity index (χ2v) is 5.59. The Kier molecular flexibility index (Phi) is 6.31. The maximum atomic E-state index is 12.1. The molecule has 0 aliphatic rings. The van der Waals surface area contributed by atoms with Crippen molar-refractivity contribution in [1.82, 2.24) is 0 Å². The van der Waals surface area contributed by atoms with Gasteiger partial charge in [-0.1, -0.05) is 60.7 Å². The molecule has 0 fully saturated rings. The van der Waals surface area contributed by atoms with E-state index in [4.69, 9.17) is 5.73 Å². The molecule has 2 aromatic carbocycles. The van der Waals surface area contributed by atoms with Crippen LogP contribution in [0.3, 0.4) is 0 Å². The summed E-state index contributed by atoms with van der Waals surface area (Å²) in [5.41, 5.74) is 8.16. The largest absolute Gasteiger partial charge is 0.385 e. The number of Topliss-reactive ketones (excluding diaryl/α,β-unsaturated/α-hetero) is 1. The Balaban J connectivity index is 1.76. The summed E-state index contributed by atoms with van der Waals surface area (Å²) in [5, 5.41) is 10.0. The molecule has 2 rings (SSSR count). The number of benzene rings is 2. The molecule has 0 spiro atoms. The summed E-state index contributed by atoms with van der Waals surface area (Å²) in [4.78, 5) is 12.1. The van der Waals surface area contributed by atoms with Crippen LogP contribution in [0, 0.1) is 0 Å². The molecular formula is C19H23NO2. The number of ketones is 1. The maximum absolute atomic E-state index is 12.1. The zero-order valence-corrected chi connectivity index (χ0v) is 12.7. The highest BCUT2D eigenvalue weighted by Gasteiger charge is 2.22. The Hall–Kier alpha value is -1.97. The Morgan fingerprint density at radius 1 is 0.955 bits per heavy atom. The van der Waals surface area contributed by atoms with Crippen molar-refractivity contribution in [2.45, 2.75) is 37.8 Å². The number of carbonyl (C=O) groups is 1. The number of aliphatic hydroxyl groups is 1. The van der Waals surface area contributed by atoms with Gasteiger partial charge in [-0.15, -0.1) is 0 Å². The van der Waals surface area contributed by atoms with Crippen molar-refractivity contribution >= 4 is 5.78 Å². The highest BCUT2D eigenvalue weighted by Crippen LogP contribution is 2.10.